The molecule has 1 aromatic carbocycles. The summed E-state index contributed by atoms with van der Waals surface area (Å²) in [7, 11) is 3.45. The molecule has 0 aliphatic carbocycles. The number of benzene rings is 1. The van der Waals surface area contributed by atoms with Gasteiger partial charge in [-0.25, -0.2) is 17.9 Å². The fourth-order valence-electron chi connectivity index (χ4n) is 3.04. The zero-order valence-electron chi connectivity index (χ0n) is 15.2. The molecule has 0 bridgehead atoms. The van der Waals surface area contributed by atoms with Gasteiger partial charge in [-0.15, -0.1) is 0 Å². The Morgan fingerprint density at radius 1 is 1.19 bits per heavy atom. The summed E-state index contributed by atoms with van der Waals surface area (Å²) in [6.07, 6.45) is -1.99. The van der Waals surface area contributed by atoms with Crippen molar-refractivity contribution in [2.45, 2.75) is 32.5 Å². The highest BCUT2D eigenvalue weighted by atomic mass is 19.3. The maximum Gasteiger partial charge on any atom is 0.263 e. The highest BCUT2D eigenvalue weighted by Gasteiger charge is 2.23. The number of halogens is 3. The summed E-state index contributed by atoms with van der Waals surface area (Å²) in [5.41, 5.74) is 0.454. The van der Waals surface area contributed by atoms with E-state index in [1.807, 2.05) is 6.92 Å². The Morgan fingerprint density at radius 3 is 2.33 bits per heavy atom. The summed E-state index contributed by atoms with van der Waals surface area (Å²) < 4.78 is 40.6. The van der Waals surface area contributed by atoms with E-state index in [9.17, 15) is 18.0 Å². The normalized spacial score (nSPS) is 12.7. The fourth-order valence-corrected chi connectivity index (χ4v) is 3.04. The van der Waals surface area contributed by atoms with Crippen molar-refractivity contribution in [2.24, 2.45) is 0 Å². The largest absolute Gasteiger partial charge is 0.348 e. The molecule has 0 amide bonds. The van der Waals surface area contributed by atoms with Crippen LogP contribution in [0, 0.1) is 0 Å². The fraction of sp³-hybridized carbons (Fsp3) is 0.389. The van der Waals surface area contributed by atoms with E-state index in [1.165, 1.54) is 16.8 Å². The van der Waals surface area contributed by atoms with Gasteiger partial charge in [0.05, 0.1) is 6.04 Å². The first kappa shape index (κ1) is 18.9. The maximum absolute atomic E-state index is 13.5. The van der Waals surface area contributed by atoms with Crippen molar-refractivity contribution in [1.29, 1.82) is 0 Å². The van der Waals surface area contributed by atoms with E-state index in [1.54, 1.807) is 31.1 Å². The van der Waals surface area contributed by atoms with Gasteiger partial charge in [0.15, 0.2) is 5.65 Å². The van der Waals surface area contributed by atoms with Crippen LogP contribution in [0.5, 0.6) is 0 Å². The van der Waals surface area contributed by atoms with Crippen LogP contribution in [0.25, 0.3) is 11.0 Å². The van der Waals surface area contributed by atoms with Crippen LogP contribution in [0.15, 0.2) is 29.1 Å². The first-order valence-corrected chi connectivity index (χ1v) is 8.50. The van der Waals surface area contributed by atoms with Crippen LogP contribution < -0.4 is 10.5 Å². The highest BCUT2D eigenvalue weighted by Crippen LogP contribution is 2.28. The van der Waals surface area contributed by atoms with Crippen LogP contribution in [0.2, 0.25) is 0 Å². The van der Waals surface area contributed by atoms with Gasteiger partial charge in [0.1, 0.15) is 17.8 Å². The molecule has 1 atom stereocenters. The smallest absolute Gasteiger partial charge is 0.263 e. The maximum atomic E-state index is 13.5. The van der Waals surface area contributed by atoms with Gasteiger partial charge in [0, 0.05) is 19.7 Å². The summed E-state index contributed by atoms with van der Waals surface area (Å²) in [5.74, 6) is 0.321. The molecule has 6 nitrogen and oxygen atoms in total. The third-order valence-corrected chi connectivity index (χ3v) is 4.43. The van der Waals surface area contributed by atoms with Crippen LogP contribution in [0.4, 0.5) is 19.1 Å². The van der Waals surface area contributed by atoms with Gasteiger partial charge in [0.25, 0.3) is 12.0 Å². The predicted octanol–water partition coefficient (Wildman–Crippen LogP) is 3.59. The molecule has 0 saturated heterocycles. The molecular formula is C18H20F3N5O. The van der Waals surface area contributed by atoms with Crippen molar-refractivity contribution in [2.75, 3.05) is 19.0 Å². The molecule has 9 heteroatoms. The summed E-state index contributed by atoms with van der Waals surface area (Å²) in [6, 6.07) is 5.53. The number of aromatic amines is 1. The number of aromatic nitrogens is 4. The Bertz CT molecular complexity index is 995. The molecule has 144 valence electrons. The van der Waals surface area contributed by atoms with E-state index in [2.05, 4.69) is 15.1 Å². The molecule has 0 aliphatic heterocycles. The van der Waals surface area contributed by atoms with Gasteiger partial charge in [-0.2, -0.15) is 10.1 Å². The molecule has 0 fully saturated rings. The number of alkyl halides is 3. The van der Waals surface area contributed by atoms with Crippen molar-refractivity contribution in [3.63, 3.8) is 0 Å². The minimum atomic E-state index is -2.55. The van der Waals surface area contributed by atoms with E-state index >= 15 is 0 Å². The molecule has 0 radical (unpaired) electrons. The number of hydrogen-bond donors (Lipinski definition) is 1. The van der Waals surface area contributed by atoms with Crippen LogP contribution in [-0.2, 0) is 6.67 Å². The van der Waals surface area contributed by atoms with Crippen LogP contribution in [-0.4, -0.2) is 33.8 Å². The zero-order chi connectivity index (χ0) is 19.7. The number of hydrogen-bond acceptors (Lipinski definition) is 4. The SMILES string of the molecule is CC[C@H](c1ccc(C(F)F)cc1)n1nc(CF)c2c(=O)[nH]c(N(C)C)nc21. The van der Waals surface area contributed by atoms with Gasteiger partial charge >= 0.3 is 0 Å². The quantitative estimate of drug-likeness (QED) is 0.711. The van der Waals surface area contributed by atoms with Crippen molar-refractivity contribution < 1.29 is 13.2 Å². The lowest BCUT2D eigenvalue weighted by Gasteiger charge is -2.18. The van der Waals surface area contributed by atoms with Gasteiger partial charge in [-0.3, -0.25) is 9.78 Å². The van der Waals surface area contributed by atoms with Crippen LogP contribution in [0.3, 0.4) is 0 Å². The van der Waals surface area contributed by atoms with E-state index in [4.69, 9.17) is 0 Å². The Hall–Kier alpha value is -2.84. The monoisotopic (exact) mass is 379 g/mol. The summed E-state index contributed by atoms with van der Waals surface area (Å²) in [5, 5.41) is 4.37. The molecule has 2 aromatic heterocycles. The molecule has 27 heavy (non-hydrogen) atoms. The number of fused-ring (bicyclic) bond motifs is 1. The minimum absolute atomic E-state index is 0.00621. The average molecular weight is 379 g/mol. The van der Waals surface area contributed by atoms with Crippen molar-refractivity contribution in [3.05, 3.63) is 51.4 Å². The number of H-pyrrole nitrogens is 1. The number of nitrogens with zero attached hydrogens (tertiary/aromatic N) is 4. The van der Waals surface area contributed by atoms with E-state index in [0.717, 1.165) is 5.56 Å². The lowest BCUT2D eigenvalue weighted by molar-refractivity contribution is 0.151. The Labute approximate surface area is 153 Å². The van der Waals surface area contributed by atoms with Gasteiger partial charge < -0.3 is 4.90 Å². The van der Waals surface area contributed by atoms with Crippen LogP contribution in [0.1, 0.15) is 42.6 Å². The first-order valence-electron chi connectivity index (χ1n) is 8.50. The van der Waals surface area contributed by atoms with E-state index in [-0.39, 0.29) is 28.3 Å². The molecule has 1 N–H and O–H groups in total. The second-order valence-electron chi connectivity index (χ2n) is 6.40. The average Bonchev–Trinajstić information content (AvgIpc) is 3.02. The molecular weight excluding hydrogens is 359 g/mol. The molecule has 2 heterocycles. The second-order valence-corrected chi connectivity index (χ2v) is 6.40. The van der Waals surface area contributed by atoms with Crippen molar-refractivity contribution in [3.8, 4) is 0 Å². The minimum Gasteiger partial charge on any atom is -0.348 e. The Balaban J connectivity index is 2.19. The van der Waals surface area contributed by atoms with Gasteiger partial charge in [-0.1, -0.05) is 31.2 Å². The zero-order valence-corrected chi connectivity index (χ0v) is 15.2. The topological polar surface area (TPSA) is 66.8 Å². The van der Waals surface area contributed by atoms with E-state index in [0.29, 0.717) is 12.4 Å². The standard InChI is InChI=1S/C18H20F3N5O/c1-4-13(10-5-7-11(8-6-10)15(20)21)26-16-14(12(9-19)24-26)17(27)23-18(22-16)25(2)3/h5-8,13,15H,4,9H2,1-3H3,(H,22,23,27)/t13-/m1/s1. The number of nitrogens with one attached hydrogen (secondary N) is 1. The molecule has 0 aliphatic rings. The molecule has 0 unspecified atom stereocenters. The van der Waals surface area contributed by atoms with Gasteiger partial charge in [-0.05, 0) is 12.0 Å². The molecule has 0 spiro atoms. The Morgan fingerprint density at radius 2 is 1.81 bits per heavy atom. The third-order valence-electron chi connectivity index (χ3n) is 4.43. The lowest BCUT2D eigenvalue weighted by Crippen LogP contribution is -2.20. The Kier molecular flexibility index (Phi) is 5.20. The second kappa shape index (κ2) is 7.42. The molecule has 3 rings (SSSR count). The number of anilines is 1. The van der Waals surface area contributed by atoms with Crippen molar-refractivity contribution >= 4 is 17.0 Å². The van der Waals surface area contributed by atoms with Gasteiger partial charge in [0.2, 0.25) is 5.95 Å². The summed E-state index contributed by atoms with van der Waals surface area (Å²) >= 11 is 0. The van der Waals surface area contributed by atoms with Crippen LogP contribution >= 0.6 is 0 Å². The third kappa shape index (κ3) is 3.41. The first-order chi connectivity index (χ1) is 12.9. The lowest BCUT2D eigenvalue weighted by atomic mass is 10.0. The summed E-state index contributed by atoms with van der Waals surface area (Å²) in [4.78, 5) is 21.1. The number of rotatable bonds is 6. The summed E-state index contributed by atoms with van der Waals surface area (Å²) in [6.45, 7) is 0.991. The molecule has 3 aromatic rings. The molecule has 0 saturated carbocycles. The highest BCUT2D eigenvalue weighted by molar-refractivity contribution is 5.78. The van der Waals surface area contributed by atoms with E-state index < -0.39 is 18.7 Å². The van der Waals surface area contributed by atoms with Crippen molar-refractivity contribution in [1.82, 2.24) is 19.7 Å². The predicted molar refractivity (Wildman–Crippen MR) is 97.1 cm³/mol.